The standard InChI is InChI=1S/C16H25FN2O/c1-12(13-4-5-13)19(2)16-7-6-15(17)10-14(16)11-18-8-9-20-3/h6-7,10,12-13,18H,4-5,8-9,11H2,1-3H3. The van der Waals surface area contributed by atoms with E-state index in [4.69, 9.17) is 4.74 Å². The van der Waals surface area contributed by atoms with Crippen LogP contribution < -0.4 is 10.2 Å². The Bertz CT molecular complexity index is 434. The molecule has 0 radical (unpaired) electrons. The summed E-state index contributed by atoms with van der Waals surface area (Å²) in [4.78, 5) is 2.28. The largest absolute Gasteiger partial charge is 0.383 e. The van der Waals surface area contributed by atoms with Crippen LogP contribution in [0.5, 0.6) is 0 Å². The van der Waals surface area contributed by atoms with E-state index >= 15 is 0 Å². The summed E-state index contributed by atoms with van der Waals surface area (Å²) in [5.74, 6) is 0.615. The maximum atomic E-state index is 13.5. The number of hydrogen-bond acceptors (Lipinski definition) is 3. The van der Waals surface area contributed by atoms with Crippen molar-refractivity contribution in [3.63, 3.8) is 0 Å². The van der Waals surface area contributed by atoms with Gasteiger partial charge in [-0.25, -0.2) is 4.39 Å². The summed E-state index contributed by atoms with van der Waals surface area (Å²) >= 11 is 0. The molecule has 0 aliphatic heterocycles. The smallest absolute Gasteiger partial charge is 0.123 e. The Kier molecular flexibility index (Phi) is 5.38. The van der Waals surface area contributed by atoms with Crippen LogP contribution in [-0.4, -0.2) is 33.4 Å². The lowest BCUT2D eigenvalue weighted by molar-refractivity contribution is 0.199. The van der Waals surface area contributed by atoms with Crippen LogP contribution in [0, 0.1) is 11.7 Å². The van der Waals surface area contributed by atoms with E-state index in [2.05, 4.69) is 24.2 Å². The average molecular weight is 280 g/mol. The summed E-state index contributed by atoms with van der Waals surface area (Å²) in [6, 6.07) is 5.58. The monoisotopic (exact) mass is 280 g/mol. The van der Waals surface area contributed by atoms with E-state index in [0.29, 0.717) is 19.2 Å². The lowest BCUT2D eigenvalue weighted by Crippen LogP contribution is -2.32. The predicted molar refractivity (Wildman–Crippen MR) is 80.6 cm³/mol. The number of rotatable bonds is 8. The summed E-state index contributed by atoms with van der Waals surface area (Å²) in [6.45, 7) is 4.36. The van der Waals surface area contributed by atoms with Crippen LogP contribution in [0.4, 0.5) is 10.1 Å². The van der Waals surface area contributed by atoms with Gasteiger partial charge in [0.25, 0.3) is 0 Å². The second-order valence-corrected chi connectivity index (χ2v) is 5.63. The molecule has 2 rings (SSSR count). The number of anilines is 1. The fourth-order valence-corrected chi connectivity index (χ4v) is 2.55. The molecule has 0 amide bonds. The average Bonchev–Trinajstić information content (AvgIpc) is 3.27. The molecule has 0 bridgehead atoms. The zero-order valence-corrected chi connectivity index (χ0v) is 12.7. The number of benzene rings is 1. The minimum Gasteiger partial charge on any atom is -0.383 e. The van der Waals surface area contributed by atoms with E-state index in [1.54, 1.807) is 19.2 Å². The maximum Gasteiger partial charge on any atom is 0.123 e. The molecule has 1 N–H and O–H groups in total. The van der Waals surface area contributed by atoms with Gasteiger partial charge in [-0.05, 0) is 49.4 Å². The van der Waals surface area contributed by atoms with Crippen LogP contribution in [0.15, 0.2) is 18.2 Å². The molecule has 1 unspecified atom stereocenters. The third-order valence-electron chi connectivity index (χ3n) is 4.14. The first-order chi connectivity index (χ1) is 9.63. The van der Waals surface area contributed by atoms with Crippen LogP contribution in [-0.2, 0) is 11.3 Å². The van der Waals surface area contributed by atoms with Crippen molar-refractivity contribution in [3.05, 3.63) is 29.6 Å². The number of methoxy groups -OCH3 is 1. The SMILES string of the molecule is COCCNCc1cc(F)ccc1N(C)C(C)C1CC1. The molecule has 1 fully saturated rings. The lowest BCUT2D eigenvalue weighted by Gasteiger charge is -2.29. The van der Waals surface area contributed by atoms with Crippen molar-refractivity contribution in [1.29, 1.82) is 0 Å². The van der Waals surface area contributed by atoms with Crippen molar-refractivity contribution in [1.82, 2.24) is 5.32 Å². The van der Waals surface area contributed by atoms with E-state index in [0.717, 1.165) is 23.7 Å². The molecule has 3 nitrogen and oxygen atoms in total. The molecule has 0 heterocycles. The Hall–Kier alpha value is -1.13. The minimum absolute atomic E-state index is 0.176. The first-order valence-corrected chi connectivity index (χ1v) is 7.34. The summed E-state index contributed by atoms with van der Waals surface area (Å²) in [5, 5.41) is 3.29. The van der Waals surface area contributed by atoms with Gasteiger partial charge >= 0.3 is 0 Å². The van der Waals surface area contributed by atoms with E-state index in [1.807, 2.05) is 6.07 Å². The van der Waals surface area contributed by atoms with Crippen molar-refractivity contribution in [2.45, 2.75) is 32.4 Å². The molecule has 1 saturated carbocycles. The van der Waals surface area contributed by atoms with E-state index in [9.17, 15) is 4.39 Å². The number of hydrogen-bond donors (Lipinski definition) is 1. The Labute approximate surface area is 121 Å². The molecule has 0 spiro atoms. The molecule has 1 aliphatic carbocycles. The van der Waals surface area contributed by atoms with Gasteiger partial charge in [-0.1, -0.05) is 0 Å². The fraction of sp³-hybridized carbons (Fsp3) is 0.625. The van der Waals surface area contributed by atoms with E-state index in [1.165, 1.54) is 12.8 Å². The van der Waals surface area contributed by atoms with Gasteiger partial charge in [-0.15, -0.1) is 0 Å². The highest BCUT2D eigenvalue weighted by molar-refractivity contribution is 5.54. The highest BCUT2D eigenvalue weighted by Crippen LogP contribution is 2.37. The molecule has 4 heteroatoms. The molecule has 0 saturated heterocycles. The van der Waals surface area contributed by atoms with Crippen LogP contribution in [0.1, 0.15) is 25.3 Å². The first kappa shape index (κ1) is 15.3. The minimum atomic E-state index is -0.176. The molecular weight excluding hydrogens is 255 g/mol. The molecule has 20 heavy (non-hydrogen) atoms. The molecular formula is C16H25FN2O. The summed E-state index contributed by atoms with van der Waals surface area (Å²) < 4.78 is 18.5. The van der Waals surface area contributed by atoms with Gasteiger partial charge in [0.15, 0.2) is 0 Å². The van der Waals surface area contributed by atoms with Gasteiger partial charge in [-0.2, -0.15) is 0 Å². The normalized spacial score (nSPS) is 16.2. The van der Waals surface area contributed by atoms with Crippen molar-refractivity contribution in [3.8, 4) is 0 Å². The Balaban J connectivity index is 2.05. The number of nitrogens with zero attached hydrogens (tertiary/aromatic N) is 1. The zero-order valence-electron chi connectivity index (χ0n) is 12.7. The Morgan fingerprint density at radius 2 is 2.20 bits per heavy atom. The van der Waals surface area contributed by atoms with Crippen LogP contribution in [0.3, 0.4) is 0 Å². The maximum absolute atomic E-state index is 13.5. The van der Waals surface area contributed by atoms with Gasteiger partial charge in [0.05, 0.1) is 6.61 Å². The zero-order chi connectivity index (χ0) is 14.5. The van der Waals surface area contributed by atoms with Gasteiger partial charge in [0.1, 0.15) is 5.82 Å². The molecule has 1 atom stereocenters. The summed E-state index contributed by atoms with van der Waals surface area (Å²) in [5.41, 5.74) is 2.13. The van der Waals surface area contributed by atoms with Crippen molar-refractivity contribution < 1.29 is 9.13 Å². The van der Waals surface area contributed by atoms with Gasteiger partial charge < -0.3 is 15.0 Å². The van der Waals surface area contributed by atoms with Crippen LogP contribution in [0.25, 0.3) is 0 Å². The van der Waals surface area contributed by atoms with Crippen molar-refractivity contribution in [2.75, 3.05) is 32.2 Å². The quantitative estimate of drug-likeness (QED) is 0.741. The summed E-state index contributed by atoms with van der Waals surface area (Å²) in [6.07, 6.45) is 2.63. The summed E-state index contributed by atoms with van der Waals surface area (Å²) in [7, 11) is 3.79. The highest BCUT2D eigenvalue weighted by atomic mass is 19.1. The lowest BCUT2D eigenvalue weighted by atomic mass is 10.1. The number of nitrogens with one attached hydrogen (secondary N) is 1. The van der Waals surface area contributed by atoms with Crippen LogP contribution in [0.2, 0.25) is 0 Å². The second-order valence-electron chi connectivity index (χ2n) is 5.63. The van der Waals surface area contributed by atoms with Crippen LogP contribution >= 0.6 is 0 Å². The molecule has 1 aromatic rings. The van der Waals surface area contributed by atoms with Crippen molar-refractivity contribution in [2.24, 2.45) is 5.92 Å². The first-order valence-electron chi connectivity index (χ1n) is 7.34. The Morgan fingerprint density at radius 1 is 1.45 bits per heavy atom. The van der Waals surface area contributed by atoms with Gasteiger partial charge in [0.2, 0.25) is 0 Å². The highest BCUT2D eigenvalue weighted by Gasteiger charge is 2.31. The van der Waals surface area contributed by atoms with Gasteiger partial charge in [0, 0.05) is 39.0 Å². The predicted octanol–water partition coefficient (Wildman–Crippen LogP) is 2.80. The topological polar surface area (TPSA) is 24.5 Å². The third-order valence-corrected chi connectivity index (χ3v) is 4.14. The fourth-order valence-electron chi connectivity index (χ4n) is 2.55. The number of halogens is 1. The molecule has 1 aliphatic rings. The van der Waals surface area contributed by atoms with E-state index in [-0.39, 0.29) is 5.82 Å². The molecule has 112 valence electrons. The van der Waals surface area contributed by atoms with Gasteiger partial charge in [-0.3, -0.25) is 0 Å². The number of ether oxygens (including phenoxy) is 1. The second kappa shape index (κ2) is 7.04. The molecule has 1 aromatic carbocycles. The Morgan fingerprint density at radius 3 is 2.85 bits per heavy atom. The molecule has 0 aromatic heterocycles. The van der Waals surface area contributed by atoms with E-state index < -0.39 is 0 Å². The third kappa shape index (κ3) is 3.93. The van der Waals surface area contributed by atoms with Crippen molar-refractivity contribution >= 4 is 5.69 Å².